The lowest BCUT2D eigenvalue weighted by molar-refractivity contribution is -0.138. The van der Waals surface area contributed by atoms with Gasteiger partial charge in [-0.3, -0.25) is 4.79 Å². The normalized spacial score (nSPS) is 15.9. The van der Waals surface area contributed by atoms with Gasteiger partial charge >= 0.3 is 0 Å². The number of rotatable bonds is 4. The average molecular weight is 345 g/mol. The van der Waals surface area contributed by atoms with Gasteiger partial charge in [0, 0.05) is 36.9 Å². The fraction of sp³-hybridized carbons (Fsp3) is 0.316. The maximum Gasteiger partial charge on any atom is 0.263 e. The zero-order chi connectivity index (χ0) is 16.9. The summed E-state index contributed by atoms with van der Waals surface area (Å²) < 4.78 is 5.73. The van der Waals surface area contributed by atoms with Crippen LogP contribution in [0, 0.1) is 0 Å². The predicted molar refractivity (Wildman–Crippen MR) is 96.8 cm³/mol. The molecule has 1 aliphatic rings. The Bertz CT molecular complexity index is 685. The van der Waals surface area contributed by atoms with Crippen molar-refractivity contribution in [2.24, 2.45) is 0 Å². The summed E-state index contributed by atoms with van der Waals surface area (Å²) in [5, 5.41) is 0.732. The summed E-state index contributed by atoms with van der Waals surface area (Å²) in [6.45, 7) is 4.77. The molecule has 5 heteroatoms. The summed E-state index contributed by atoms with van der Waals surface area (Å²) in [4.78, 5) is 16.7. The van der Waals surface area contributed by atoms with E-state index in [2.05, 4.69) is 4.90 Å². The van der Waals surface area contributed by atoms with Crippen LogP contribution in [0.5, 0.6) is 5.75 Å². The van der Waals surface area contributed by atoms with Crippen molar-refractivity contribution in [2.75, 3.05) is 31.1 Å². The Balaban J connectivity index is 1.55. The Morgan fingerprint density at radius 3 is 2.42 bits per heavy atom. The summed E-state index contributed by atoms with van der Waals surface area (Å²) in [6, 6.07) is 17.3. The van der Waals surface area contributed by atoms with E-state index in [1.165, 1.54) is 0 Å². The van der Waals surface area contributed by atoms with E-state index in [0.717, 1.165) is 29.5 Å². The molecular weight excluding hydrogens is 324 g/mol. The maximum absolute atomic E-state index is 12.6. The highest BCUT2D eigenvalue weighted by molar-refractivity contribution is 6.30. The van der Waals surface area contributed by atoms with E-state index < -0.39 is 6.10 Å². The smallest absolute Gasteiger partial charge is 0.263 e. The molecule has 0 aromatic heterocycles. The fourth-order valence-electron chi connectivity index (χ4n) is 2.87. The molecule has 1 fully saturated rings. The summed E-state index contributed by atoms with van der Waals surface area (Å²) >= 11 is 6.05. The van der Waals surface area contributed by atoms with Crippen molar-refractivity contribution in [3.05, 3.63) is 59.6 Å². The van der Waals surface area contributed by atoms with Crippen molar-refractivity contribution in [3.63, 3.8) is 0 Å². The van der Waals surface area contributed by atoms with Gasteiger partial charge in [0.15, 0.2) is 6.10 Å². The van der Waals surface area contributed by atoms with Crippen LogP contribution in [0.3, 0.4) is 0 Å². The third-order valence-corrected chi connectivity index (χ3v) is 4.40. The lowest BCUT2D eigenvalue weighted by Gasteiger charge is -2.37. The third kappa shape index (κ3) is 4.01. The molecule has 1 amide bonds. The molecule has 126 valence electrons. The molecule has 0 saturated carbocycles. The number of anilines is 1. The summed E-state index contributed by atoms with van der Waals surface area (Å²) in [7, 11) is 0. The van der Waals surface area contributed by atoms with E-state index in [9.17, 15) is 4.79 Å². The Labute approximate surface area is 147 Å². The zero-order valence-electron chi connectivity index (χ0n) is 13.7. The van der Waals surface area contributed by atoms with Gasteiger partial charge in [-0.15, -0.1) is 0 Å². The number of carbonyl (C=O) groups is 1. The van der Waals surface area contributed by atoms with E-state index in [-0.39, 0.29) is 5.91 Å². The summed E-state index contributed by atoms with van der Waals surface area (Å²) in [5.74, 6) is 0.750. The van der Waals surface area contributed by atoms with Gasteiger partial charge in [0.05, 0.1) is 0 Å². The maximum atomic E-state index is 12.6. The molecular formula is C19H21ClN2O2. The molecule has 1 aliphatic heterocycles. The molecule has 1 unspecified atom stereocenters. The van der Waals surface area contributed by atoms with Crippen molar-refractivity contribution in [1.29, 1.82) is 0 Å². The first-order valence-electron chi connectivity index (χ1n) is 8.14. The Kier molecular flexibility index (Phi) is 5.26. The minimum atomic E-state index is -0.481. The first kappa shape index (κ1) is 16.7. The number of para-hydroxylation sites is 1. The van der Waals surface area contributed by atoms with Crippen LogP contribution in [0.2, 0.25) is 5.02 Å². The number of benzene rings is 2. The standard InChI is InChI=1S/C19H21ClN2O2/c1-15(24-18-8-3-2-4-9-18)19(23)22-12-10-21(11-13-22)17-7-5-6-16(20)14-17/h2-9,14-15H,10-13H2,1H3. The number of carbonyl (C=O) groups excluding carboxylic acids is 1. The second-order valence-electron chi connectivity index (χ2n) is 5.87. The van der Waals surface area contributed by atoms with Crippen LogP contribution in [-0.2, 0) is 4.79 Å². The predicted octanol–water partition coefficient (Wildman–Crippen LogP) is 3.46. The Morgan fingerprint density at radius 1 is 1.04 bits per heavy atom. The number of nitrogens with zero attached hydrogens (tertiary/aromatic N) is 2. The zero-order valence-corrected chi connectivity index (χ0v) is 14.4. The first-order valence-corrected chi connectivity index (χ1v) is 8.52. The number of ether oxygens (including phenoxy) is 1. The van der Waals surface area contributed by atoms with Crippen molar-refractivity contribution < 1.29 is 9.53 Å². The lowest BCUT2D eigenvalue weighted by Crippen LogP contribution is -2.52. The summed E-state index contributed by atoms with van der Waals surface area (Å²) in [6.07, 6.45) is -0.481. The van der Waals surface area contributed by atoms with E-state index in [4.69, 9.17) is 16.3 Å². The van der Waals surface area contributed by atoms with Gasteiger partial charge in [-0.25, -0.2) is 0 Å². The van der Waals surface area contributed by atoms with Gasteiger partial charge in [-0.05, 0) is 37.3 Å². The quantitative estimate of drug-likeness (QED) is 0.851. The molecule has 1 atom stereocenters. The first-order chi connectivity index (χ1) is 11.6. The molecule has 3 rings (SSSR count). The largest absolute Gasteiger partial charge is 0.481 e. The lowest BCUT2D eigenvalue weighted by atomic mass is 10.2. The Morgan fingerprint density at radius 2 is 1.75 bits per heavy atom. The minimum Gasteiger partial charge on any atom is -0.481 e. The second-order valence-corrected chi connectivity index (χ2v) is 6.30. The van der Waals surface area contributed by atoms with Gasteiger partial charge in [-0.2, -0.15) is 0 Å². The minimum absolute atomic E-state index is 0.0320. The highest BCUT2D eigenvalue weighted by Gasteiger charge is 2.26. The molecule has 0 spiro atoms. The summed E-state index contributed by atoms with van der Waals surface area (Å²) in [5.41, 5.74) is 1.10. The second kappa shape index (κ2) is 7.58. The van der Waals surface area contributed by atoms with Gasteiger partial charge in [-0.1, -0.05) is 35.9 Å². The Hall–Kier alpha value is -2.20. The topological polar surface area (TPSA) is 32.8 Å². The fourth-order valence-corrected chi connectivity index (χ4v) is 3.05. The van der Waals surface area contributed by atoms with Gasteiger partial charge in [0.25, 0.3) is 5.91 Å². The van der Waals surface area contributed by atoms with Crippen LogP contribution < -0.4 is 9.64 Å². The van der Waals surface area contributed by atoms with E-state index in [0.29, 0.717) is 13.1 Å². The van der Waals surface area contributed by atoms with Crippen molar-refractivity contribution >= 4 is 23.2 Å². The molecule has 4 nitrogen and oxygen atoms in total. The van der Waals surface area contributed by atoms with Gasteiger partial charge < -0.3 is 14.5 Å². The number of piperazine rings is 1. The van der Waals surface area contributed by atoms with Crippen LogP contribution in [0.15, 0.2) is 54.6 Å². The SMILES string of the molecule is CC(Oc1ccccc1)C(=O)N1CCN(c2cccc(Cl)c2)CC1. The van der Waals surface area contributed by atoms with Crippen LogP contribution in [0.1, 0.15) is 6.92 Å². The van der Waals surface area contributed by atoms with Crippen LogP contribution >= 0.6 is 11.6 Å². The van der Waals surface area contributed by atoms with Crippen molar-refractivity contribution in [2.45, 2.75) is 13.0 Å². The van der Waals surface area contributed by atoms with E-state index in [1.54, 1.807) is 6.92 Å². The molecule has 0 N–H and O–H groups in total. The number of halogens is 1. The molecule has 0 radical (unpaired) electrons. The van der Waals surface area contributed by atoms with Crippen molar-refractivity contribution in [1.82, 2.24) is 4.90 Å². The molecule has 1 heterocycles. The van der Waals surface area contributed by atoms with Crippen LogP contribution in [0.4, 0.5) is 5.69 Å². The molecule has 1 saturated heterocycles. The van der Waals surface area contributed by atoms with Crippen LogP contribution in [0.25, 0.3) is 0 Å². The highest BCUT2D eigenvalue weighted by Crippen LogP contribution is 2.21. The highest BCUT2D eigenvalue weighted by atomic mass is 35.5. The number of hydrogen-bond acceptors (Lipinski definition) is 3. The van der Waals surface area contributed by atoms with E-state index in [1.807, 2.05) is 59.5 Å². The molecule has 2 aromatic rings. The molecule has 2 aromatic carbocycles. The molecule has 0 aliphatic carbocycles. The van der Waals surface area contributed by atoms with Crippen molar-refractivity contribution in [3.8, 4) is 5.75 Å². The monoisotopic (exact) mass is 344 g/mol. The van der Waals surface area contributed by atoms with Gasteiger partial charge in [0.1, 0.15) is 5.75 Å². The molecule has 0 bridgehead atoms. The third-order valence-electron chi connectivity index (χ3n) is 4.17. The average Bonchev–Trinajstić information content (AvgIpc) is 2.62. The number of amides is 1. The van der Waals surface area contributed by atoms with Crippen LogP contribution in [-0.4, -0.2) is 43.1 Å². The van der Waals surface area contributed by atoms with Gasteiger partial charge in [0.2, 0.25) is 0 Å². The molecule has 24 heavy (non-hydrogen) atoms. The number of hydrogen-bond donors (Lipinski definition) is 0. The van der Waals surface area contributed by atoms with E-state index >= 15 is 0 Å².